The van der Waals surface area contributed by atoms with Crippen molar-refractivity contribution in [3.63, 3.8) is 0 Å². The molecule has 1 aromatic rings. The van der Waals surface area contributed by atoms with Crippen LogP contribution in [0.1, 0.15) is 25.3 Å². The smallest absolute Gasteiger partial charge is 0.315 e. The van der Waals surface area contributed by atoms with E-state index in [9.17, 15) is 9.59 Å². The molecule has 0 aliphatic rings. The topological polar surface area (TPSA) is 92.2 Å². The van der Waals surface area contributed by atoms with Crippen LogP contribution < -0.4 is 5.32 Å². The molecule has 0 fully saturated rings. The third-order valence-electron chi connectivity index (χ3n) is 1.92. The first kappa shape index (κ1) is 12.6. The van der Waals surface area contributed by atoms with Crippen LogP contribution in [0.2, 0.25) is 0 Å². The Morgan fingerprint density at radius 1 is 1.50 bits per heavy atom. The minimum absolute atomic E-state index is 0.349. The molecule has 7 heteroatoms. The standard InChI is InChI=1S/C9H13N3O3S/c1-3-4-6-11-12-9(16-6)10-7(13)5(2)8(14)15/h5H,3-4H2,1-2H3,(H,14,15)(H,10,12,13). The van der Waals surface area contributed by atoms with Gasteiger partial charge in [-0.3, -0.25) is 14.9 Å². The molecule has 0 aliphatic heterocycles. The average molecular weight is 243 g/mol. The summed E-state index contributed by atoms with van der Waals surface area (Å²) in [5.74, 6) is -2.82. The first-order valence-corrected chi connectivity index (χ1v) is 5.72. The highest BCUT2D eigenvalue weighted by Crippen LogP contribution is 2.17. The third-order valence-corrected chi connectivity index (χ3v) is 2.82. The molecular weight excluding hydrogens is 230 g/mol. The first-order chi connectivity index (χ1) is 7.54. The van der Waals surface area contributed by atoms with Crippen molar-refractivity contribution in [3.05, 3.63) is 5.01 Å². The molecule has 6 nitrogen and oxygen atoms in total. The molecule has 0 saturated carbocycles. The highest BCUT2D eigenvalue weighted by molar-refractivity contribution is 7.15. The number of carbonyl (C=O) groups excluding carboxylic acids is 1. The maximum Gasteiger partial charge on any atom is 0.315 e. The van der Waals surface area contributed by atoms with E-state index in [4.69, 9.17) is 5.11 Å². The Morgan fingerprint density at radius 2 is 2.19 bits per heavy atom. The maximum absolute atomic E-state index is 11.4. The van der Waals surface area contributed by atoms with Crippen molar-refractivity contribution in [3.8, 4) is 0 Å². The van der Waals surface area contributed by atoms with Crippen LogP contribution in [0, 0.1) is 5.92 Å². The van der Waals surface area contributed by atoms with Crippen molar-refractivity contribution in [2.45, 2.75) is 26.7 Å². The Morgan fingerprint density at radius 3 is 2.75 bits per heavy atom. The van der Waals surface area contributed by atoms with Gasteiger partial charge in [-0.2, -0.15) is 0 Å². The van der Waals surface area contributed by atoms with Gasteiger partial charge in [-0.05, 0) is 13.3 Å². The van der Waals surface area contributed by atoms with E-state index in [2.05, 4.69) is 15.5 Å². The van der Waals surface area contributed by atoms with E-state index in [1.165, 1.54) is 18.3 Å². The summed E-state index contributed by atoms with van der Waals surface area (Å²) in [5, 5.41) is 19.9. The molecule has 0 bridgehead atoms. The number of rotatable bonds is 5. The van der Waals surface area contributed by atoms with Crippen LogP contribution in [0.5, 0.6) is 0 Å². The zero-order valence-electron chi connectivity index (χ0n) is 9.06. The van der Waals surface area contributed by atoms with Gasteiger partial charge in [-0.25, -0.2) is 0 Å². The summed E-state index contributed by atoms with van der Waals surface area (Å²) < 4.78 is 0. The second-order valence-corrected chi connectivity index (χ2v) is 4.36. The molecule has 0 radical (unpaired) electrons. The van der Waals surface area contributed by atoms with Gasteiger partial charge in [-0.15, -0.1) is 10.2 Å². The van der Waals surface area contributed by atoms with E-state index in [-0.39, 0.29) is 0 Å². The second-order valence-electron chi connectivity index (χ2n) is 3.30. The van der Waals surface area contributed by atoms with Crippen LogP contribution in [0.25, 0.3) is 0 Å². The lowest BCUT2D eigenvalue weighted by molar-refractivity contribution is -0.144. The number of aryl methyl sites for hydroxylation is 1. The number of anilines is 1. The largest absolute Gasteiger partial charge is 0.481 e. The fourth-order valence-electron chi connectivity index (χ4n) is 0.945. The summed E-state index contributed by atoms with van der Waals surface area (Å²) in [6.07, 6.45) is 1.76. The summed E-state index contributed by atoms with van der Waals surface area (Å²) in [5.41, 5.74) is 0. The fourth-order valence-corrected chi connectivity index (χ4v) is 1.79. The molecule has 1 heterocycles. The van der Waals surface area contributed by atoms with Gasteiger partial charge in [0.1, 0.15) is 10.9 Å². The second kappa shape index (κ2) is 5.55. The number of carboxylic acid groups (broad SMARTS) is 1. The SMILES string of the molecule is CCCc1nnc(NC(=O)C(C)C(=O)O)s1. The molecule has 1 aromatic heterocycles. The number of nitrogens with zero attached hydrogens (tertiary/aromatic N) is 2. The lowest BCUT2D eigenvalue weighted by atomic mass is 10.2. The van der Waals surface area contributed by atoms with Crippen molar-refractivity contribution in [2.24, 2.45) is 5.92 Å². The van der Waals surface area contributed by atoms with Gasteiger partial charge in [0.2, 0.25) is 11.0 Å². The monoisotopic (exact) mass is 243 g/mol. The Bertz CT molecular complexity index is 391. The molecular formula is C9H13N3O3S. The third kappa shape index (κ3) is 3.27. The van der Waals surface area contributed by atoms with Gasteiger partial charge in [0.15, 0.2) is 0 Å². The van der Waals surface area contributed by atoms with Crippen LogP contribution in [-0.2, 0) is 16.0 Å². The van der Waals surface area contributed by atoms with E-state index in [0.717, 1.165) is 17.8 Å². The predicted molar refractivity (Wildman–Crippen MR) is 59.3 cm³/mol. The summed E-state index contributed by atoms with van der Waals surface area (Å²) in [6, 6.07) is 0. The summed E-state index contributed by atoms with van der Waals surface area (Å²) >= 11 is 1.27. The van der Waals surface area contributed by atoms with E-state index >= 15 is 0 Å². The molecule has 1 atom stereocenters. The number of amides is 1. The molecule has 0 saturated heterocycles. The van der Waals surface area contributed by atoms with Gasteiger partial charge in [0.25, 0.3) is 0 Å². The highest BCUT2D eigenvalue weighted by atomic mass is 32.1. The molecule has 0 aromatic carbocycles. The Hall–Kier alpha value is -1.50. The van der Waals surface area contributed by atoms with Crippen molar-refractivity contribution in [2.75, 3.05) is 5.32 Å². The average Bonchev–Trinajstić information content (AvgIpc) is 2.65. The molecule has 2 N–H and O–H groups in total. The lowest BCUT2D eigenvalue weighted by Gasteiger charge is -2.03. The number of hydrogen-bond donors (Lipinski definition) is 2. The number of hydrogen-bond acceptors (Lipinski definition) is 5. The summed E-state index contributed by atoms with van der Waals surface area (Å²) in [6.45, 7) is 3.35. The molecule has 0 spiro atoms. The van der Waals surface area contributed by atoms with Crippen LogP contribution in [0.4, 0.5) is 5.13 Å². The van der Waals surface area contributed by atoms with E-state index in [1.807, 2.05) is 6.92 Å². The Labute approximate surface area is 96.7 Å². The number of aliphatic carboxylic acids is 1. The summed E-state index contributed by atoms with van der Waals surface area (Å²) in [7, 11) is 0. The normalized spacial score (nSPS) is 12.1. The molecule has 88 valence electrons. The number of aromatic nitrogens is 2. The molecule has 1 rings (SSSR count). The fraction of sp³-hybridized carbons (Fsp3) is 0.556. The quantitative estimate of drug-likeness (QED) is 0.757. The van der Waals surface area contributed by atoms with Crippen molar-refractivity contribution in [1.82, 2.24) is 10.2 Å². The Balaban J connectivity index is 2.59. The van der Waals surface area contributed by atoms with E-state index in [1.54, 1.807) is 0 Å². The van der Waals surface area contributed by atoms with E-state index in [0.29, 0.717) is 5.13 Å². The zero-order valence-corrected chi connectivity index (χ0v) is 9.87. The lowest BCUT2D eigenvalue weighted by Crippen LogP contribution is -2.26. The predicted octanol–water partition coefficient (Wildman–Crippen LogP) is 1.15. The van der Waals surface area contributed by atoms with Gasteiger partial charge in [-0.1, -0.05) is 18.3 Å². The van der Waals surface area contributed by atoms with Crippen LogP contribution >= 0.6 is 11.3 Å². The Kier molecular flexibility index (Phi) is 4.36. The van der Waals surface area contributed by atoms with Gasteiger partial charge in [0, 0.05) is 6.42 Å². The van der Waals surface area contributed by atoms with Crippen LogP contribution in [0.3, 0.4) is 0 Å². The number of carboxylic acids is 1. The van der Waals surface area contributed by atoms with E-state index < -0.39 is 17.8 Å². The molecule has 1 amide bonds. The highest BCUT2D eigenvalue weighted by Gasteiger charge is 2.21. The van der Waals surface area contributed by atoms with Crippen LogP contribution in [0.15, 0.2) is 0 Å². The zero-order chi connectivity index (χ0) is 12.1. The van der Waals surface area contributed by atoms with Crippen molar-refractivity contribution in [1.29, 1.82) is 0 Å². The van der Waals surface area contributed by atoms with Gasteiger partial charge in [0.05, 0.1) is 0 Å². The minimum atomic E-state index is -1.16. The molecule has 1 unspecified atom stereocenters. The van der Waals surface area contributed by atoms with Crippen molar-refractivity contribution < 1.29 is 14.7 Å². The maximum atomic E-state index is 11.4. The number of carbonyl (C=O) groups is 2. The minimum Gasteiger partial charge on any atom is -0.481 e. The van der Waals surface area contributed by atoms with Crippen molar-refractivity contribution >= 4 is 28.3 Å². The van der Waals surface area contributed by atoms with Crippen LogP contribution in [-0.4, -0.2) is 27.2 Å². The van der Waals surface area contributed by atoms with Gasteiger partial charge >= 0.3 is 5.97 Å². The first-order valence-electron chi connectivity index (χ1n) is 4.90. The number of nitrogens with one attached hydrogen (secondary N) is 1. The van der Waals surface area contributed by atoms with Gasteiger partial charge < -0.3 is 5.11 Å². The molecule has 16 heavy (non-hydrogen) atoms. The summed E-state index contributed by atoms with van der Waals surface area (Å²) in [4.78, 5) is 21.9. The molecule has 0 aliphatic carbocycles.